The van der Waals surface area contributed by atoms with Crippen LogP contribution in [0.2, 0.25) is 0 Å². The van der Waals surface area contributed by atoms with Crippen molar-refractivity contribution in [1.82, 2.24) is 24.8 Å². The molecule has 26 heavy (non-hydrogen) atoms. The Morgan fingerprint density at radius 3 is 3.12 bits per heavy atom. The van der Waals surface area contributed by atoms with Crippen molar-refractivity contribution in [3.8, 4) is 6.07 Å². The minimum Gasteiger partial charge on any atom is -0.389 e. The quantitative estimate of drug-likeness (QED) is 0.449. The standard InChI is InChI=1S/C19H21N7/c20-7-1-2-8-22-11-14(10-21)26-17-15-6-9-23-18(15)24-12-16(17)25-19(26)13-4-3-5-13/h6,9-13,21-22H,1-5,8H2,(H,23,24)/b14-11+,21-10?. The first-order chi connectivity index (χ1) is 12.8. The number of allylic oxidation sites excluding steroid dienone is 1. The number of nitrogens with one attached hydrogen (secondary N) is 3. The summed E-state index contributed by atoms with van der Waals surface area (Å²) in [5.74, 6) is 1.44. The largest absolute Gasteiger partial charge is 0.389 e. The van der Waals surface area contributed by atoms with Gasteiger partial charge in [-0.15, -0.1) is 0 Å². The first-order valence-electron chi connectivity index (χ1n) is 8.99. The lowest BCUT2D eigenvalue weighted by Crippen LogP contribution is -2.17. The van der Waals surface area contributed by atoms with Gasteiger partial charge in [0, 0.05) is 42.9 Å². The molecule has 0 aromatic carbocycles. The van der Waals surface area contributed by atoms with Crippen LogP contribution in [-0.2, 0) is 0 Å². The van der Waals surface area contributed by atoms with Crippen molar-refractivity contribution in [1.29, 1.82) is 10.7 Å². The number of aromatic nitrogens is 4. The van der Waals surface area contributed by atoms with Crippen molar-refractivity contribution in [3.05, 3.63) is 30.5 Å². The molecule has 3 N–H and O–H groups in total. The summed E-state index contributed by atoms with van der Waals surface area (Å²) in [5.41, 5.74) is 3.42. The molecule has 3 aromatic heterocycles. The van der Waals surface area contributed by atoms with E-state index in [1.54, 1.807) is 6.20 Å². The van der Waals surface area contributed by atoms with Gasteiger partial charge in [-0.1, -0.05) is 6.42 Å². The van der Waals surface area contributed by atoms with E-state index < -0.39 is 0 Å². The van der Waals surface area contributed by atoms with Gasteiger partial charge in [0.05, 0.1) is 23.5 Å². The van der Waals surface area contributed by atoms with E-state index >= 15 is 0 Å². The van der Waals surface area contributed by atoms with E-state index in [-0.39, 0.29) is 0 Å². The number of unbranched alkanes of at least 4 members (excludes halogenated alkanes) is 1. The van der Waals surface area contributed by atoms with Crippen molar-refractivity contribution in [3.63, 3.8) is 0 Å². The summed E-state index contributed by atoms with van der Waals surface area (Å²) in [6, 6.07) is 4.16. The molecule has 132 valence electrons. The van der Waals surface area contributed by atoms with Crippen LogP contribution in [0.5, 0.6) is 0 Å². The van der Waals surface area contributed by atoms with Gasteiger partial charge in [-0.3, -0.25) is 4.57 Å². The molecule has 0 aliphatic heterocycles. The zero-order chi connectivity index (χ0) is 17.9. The highest BCUT2D eigenvalue weighted by molar-refractivity contribution is 6.09. The van der Waals surface area contributed by atoms with Gasteiger partial charge >= 0.3 is 0 Å². The molecule has 0 radical (unpaired) electrons. The highest BCUT2D eigenvalue weighted by Crippen LogP contribution is 2.39. The highest BCUT2D eigenvalue weighted by Gasteiger charge is 2.27. The maximum absolute atomic E-state index is 8.65. The van der Waals surface area contributed by atoms with Crippen LogP contribution in [0.15, 0.2) is 24.7 Å². The van der Waals surface area contributed by atoms with E-state index in [9.17, 15) is 0 Å². The van der Waals surface area contributed by atoms with E-state index in [1.807, 2.05) is 18.5 Å². The number of hydrogen-bond acceptors (Lipinski definition) is 5. The van der Waals surface area contributed by atoms with Crippen LogP contribution in [0.3, 0.4) is 0 Å². The average molecular weight is 347 g/mol. The second kappa shape index (κ2) is 7.00. The Morgan fingerprint density at radius 2 is 2.38 bits per heavy atom. The Bertz CT molecular complexity index is 1010. The molecule has 0 atom stereocenters. The van der Waals surface area contributed by atoms with Crippen LogP contribution in [0, 0.1) is 16.7 Å². The lowest BCUT2D eigenvalue weighted by Gasteiger charge is -2.26. The molecule has 0 spiro atoms. The van der Waals surface area contributed by atoms with Crippen LogP contribution in [0.1, 0.15) is 43.8 Å². The molecule has 0 amide bonds. The molecule has 0 unspecified atom stereocenters. The lowest BCUT2D eigenvalue weighted by molar-refractivity contribution is 0.400. The summed E-state index contributed by atoms with van der Waals surface area (Å²) in [7, 11) is 0. The van der Waals surface area contributed by atoms with Gasteiger partial charge in [-0.05, 0) is 25.3 Å². The Hall–Kier alpha value is -3.14. The summed E-state index contributed by atoms with van der Waals surface area (Å²) in [6.45, 7) is 0.706. The van der Waals surface area contributed by atoms with E-state index in [1.165, 1.54) is 12.6 Å². The number of imidazole rings is 1. The molecular weight excluding hydrogens is 326 g/mol. The van der Waals surface area contributed by atoms with Crippen LogP contribution in [0.25, 0.3) is 27.8 Å². The van der Waals surface area contributed by atoms with Crippen LogP contribution < -0.4 is 5.32 Å². The van der Waals surface area contributed by atoms with Gasteiger partial charge in [-0.25, -0.2) is 9.97 Å². The molecule has 0 saturated heterocycles. The third kappa shape index (κ3) is 2.73. The molecule has 1 saturated carbocycles. The Balaban J connectivity index is 1.82. The molecule has 1 aliphatic rings. The Labute approximate surface area is 151 Å². The van der Waals surface area contributed by atoms with Crippen LogP contribution in [0.4, 0.5) is 0 Å². The van der Waals surface area contributed by atoms with Crippen LogP contribution in [-0.4, -0.2) is 32.3 Å². The molecule has 1 fully saturated rings. The second-order valence-corrected chi connectivity index (χ2v) is 6.59. The number of nitrogens with zero attached hydrogens (tertiary/aromatic N) is 4. The van der Waals surface area contributed by atoms with E-state index in [2.05, 4.69) is 25.9 Å². The number of aromatic amines is 1. The average Bonchev–Trinajstić information content (AvgIpc) is 3.21. The van der Waals surface area contributed by atoms with E-state index in [0.29, 0.717) is 18.9 Å². The van der Waals surface area contributed by atoms with Gasteiger partial charge in [0.25, 0.3) is 0 Å². The number of nitriles is 1. The molecule has 4 rings (SSSR count). The summed E-state index contributed by atoms with van der Waals surface area (Å²) in [5, 5.41) is 20.8. The smallest absolute Gasteiger partial charge is 0.139 e. The van der Waals surface area contributed by atoms with Crippen molar-refractivity contribution in [2.45, 2.75) is 38.0 Å². The SMILES string of the molecule is N#CCCCN/C=C(\C=N)n1c(C2CCC2)nc2cnc3[nH]ccc3c21. The molecule has 3 heterocycles. The van der Waals surface area contributed by atoms with Crippen molar-refractivity contribution in [2.75, 3.05) is 6.54 Å². The zero-order valence-corrected chi connectivity index (χ0v) is 14.5. The number of pyridine rings is 1. The van der Waals surface area contributed by atoms with Gasteiger partial charge in [0.2, 0.25) is 0 Å². The molecule has 7 heteroatoms. The van der Waals surface area contributed by atoms with Crippen molar-refractivity contribution >= 4 is 34.0 Å². The first-order valence-corrected chi connectivity index (χ1v) is 8.99. The van der Waals surface area contributed by atoms with Gasteiger partial charge in [-0.2, -0.15) is 5.26 Å². The fourth-order valence-corrected chi connectivity index (χ4v) is 3.41. The van der Waals surface area contributed by atoms with Gasteiger partial charge in [0.15, 0.2) is 0 Å². The normalized spacial score (nSPS) is 15.1. The second-order valence-electron chi connectivity index (χ2n) is 6.59. The summed E-state index contributed by atoms with van der Waals surface area (Å²) >= 11 is 0. The molecular formula is C19H21N7. The number of H-pyrrole nitrogens is 1. The van der Waals surface area contributed by atoms with Crippen molar-refractivity contribution in [2.24, 2.45) is 0 Å². The highest BCUT2D eigenvalue weighted by atomic mass is 15.1. The lowest BCUT2D eigenvalue weighted by atomic mass is 9.85. The third-order valence-electron chi connectivity index (χ3n) is 4.96. The predicted molar refractivity (Wildman–Crippen MR) is 102 cm³/mol. The molecule has 0 bridgehead atoms. The maximum Gasteiger partial charge on any atom is 0.139 e. The predicted octanol–water partition coefficient (Wildman–Crippen LogP) is 3.52. The monoisotopic (exact) mass is 347 g/mol. The number of rotatable bonds is 7. The van der Waals surface area contributed by atoms with E-state index in [0.717, 1.165) is 52.9 Å². The summed E-state index contributed by atoms with van der Waals surface area (Å²) in [4.78, 5) is 12.5. The fraction of sp³-hybridized carbons (Fsp3) is 0.368. The Morgan fingerprint density at radius 1 is 1.50 bits per heavy atom. The molecule has 3 aromatic rings. The minimum atomic E-state index is 0.429. The third-order valence-corrected chi connectivity index (χ3v) is 4.96. The number of hydrogen-bond donors (Lipinski definition) is 3. The Kier molecular flexibility index (Phi) is 4.40. The first kappa shape index (κ1) is 16.3. The maximum atomic E-state index is 8.65. The topological polar surface area (TPSA) is 106 Å². The molecule has 7 nitrogen and oxygen atoms in total. The fourth-order valence-electron chi connectivity index (χ4n) is 3.41. The van der Waals surface area contributed by atoms with Crippen LogP contribution >= 0.6 is 0 Å². The van der Waals surface area contributed by atoms with Crippen molar-refractivity contribution < 1.29 is 0 Å². The minimum absolute atomic E-state index is 0.429. The summed E-state index contributed by atoms with van der Waals surface area (Å²) in [6.07, 6.45) is 11.7. The zero-order valence-electron chi connectivity index (χ0n) is 14.5. The number of fused-ring (bicyclic) bond motifs is 3. The molecule has 1 aliphatic carbocycles. The summed E-state index contributed by atoms with van der Waals surface area (Å²) < 4.78 is 2.10. The van der Waals surface area contributed by atoms with Gasteiger partial charge < -0.3 is 15.7 Å². The van der Waals surface area contributed by atoms with Gasteiger partial charge in [0.1, 0.15) is 17.0 Å². The van der Waals surface area contributed by atoms with E-state index in [4.69, 9.17) is 15.7 Å².